The van der Waals surface area contributed by atoms with E-state index in [1.165, 1.54) is 6.08 Å². The summed E-state index contributed by atoms with van der Waals surface area (Å²) in [7, 11) is 1.58. The first-order chi connectivity index (χ1) is 12.6. The number of methoxy groups -OCH3 is 1. The highest BCUT2D eigenvalue weighted by molar-refractivity contribution is 6.02. The Hall–Kier alpha value is -3.54. The maximum Gasteiger partial charge on any atom is 0.319 e. The topological polar surface area (TPSA) is 79.5 Å². The summed E-state index contributed by atoms with van der Waals surface area (Å²) in [5.41, 5.74) is 2.06. The minimum absolute atomic E-state index is 0.264. The second kappa shape index (κ2) is 9.68. The van der Waals surface area contributed by atoms with Crippen molar-refractivity contribution in [1.82, 2.24) is 5.32 Å². The summed E-state index contributed by atoms with van der Waals surface area (Å²) in [5, 5.41) is 8.05. The monoisotopic (exact) mass is 351 g/mol. The van der Waals surface area contributed by atoms with Crippen LogP contribution in [-0.2, 0) is 4.79 Å². The second-order valence-electron chi connectivity index (χ2n) is 5.27. The zero-order chi connectivity index (χ0) is 18.8. The van der Waals surface area contributed by atoms with E-state index in [1.807, 2.05) is 24.3 Å². The van der Waals surface area contributed by atoms with Gasteiger partial charge in [-0.3, -0.25) is 4.79 Å². The van der Waals surface area contributed by atoms with Crippen molar-refractivity contribution in [2.45, 2.75) is 0 Å². The van der Waals surface area contributed by atoms with Crippen molar-refractivity contribution in [3.8, 4) is 5.75 Å². The highest BCUT2D eigenvalue weighted by atomic mass is 16.5. The number of carbonyl (C=O) groups excluding carboxylic acids is 2. The van der Waals surface area contributed by atoms with E-state index in [2.05, 4.69) is 22.5 Å². The molecule has 3 N–H and O–H groups in total. The number of hydrogen-bond acceptors (Lipinski definition) is 3. The predicted octanol–water partition coefficient (Wildman–Crippen LogP) is 3.65. The molecule has 134 valence electrons. The van der Waals surface area contributed by atoms with Crippen molar-refractivity contribution < 1.29 is 14.3 Å². The zero-order valence-electron chi connectivity index (χ0n) is 14.5. The van der Waals surface area contributed by atoms with Gasteiger partial charge >= 0.3 is 6.03 Å². The van der Waals surface area contributed by atoms with Gasteiger partial charge in [-0.2, -0.15) is 0 Å². The Balaban J connectivity index is 1.92. The molecule has 0 aromatic heterocycles. The van der Waals surface area contributed by atoms with Crippen LogP contribution < -0.4 is 20.7 Å². The lowest BCUT2D eigenvalue weighted by Gasteiger charge is -2.07. The van der Waals surface area contributed by atoms with Crippen molar-refractivity contribution in [2.75, 3.05) is 24.3 Å². The quantitative estimate of drug-likeness (QED) is 0.526. The van der Waals surface area contributed by atoms with Crippen LogP contribution in [-0.4, -0.2) is 25.6 Å². The van der Waals surface area contributed by atoms with Crippen LogP contribution in [0, 0.1) is 0 Å². The molecule has 0 fully saturated rings. The van der Waals surface area contributed by atoms with Crippen molar-refractivity contribution in [1.29, 1.82) is 0 Å². The van der Waals surface area contributed by atoms with Crippen LogP contribution in [0.4, 0.5) is 16.2 Å². The first kappa shape index (κ1) is 18.8. The van der Waals surface area contributed by atoms with Crippen LogP contribution in [0.2, 0.25) is 0 Å². The molecule has 6 heteroatoms. The molecule has 0 unspecified atom stereocenters. The molecule has 26 heavy (non-hydrogen) atoms. The number of anilines is 2. The Labute approximate surface area is 152 Å². The van der Waals surface area contributed by atoms with E-state index in [0.717, 1.165) is 5.56 Å². The summed E-state index contributed by atoms with van der Waals surface area (Å²) in [6.07, 6.45) is 4.72. The van der Waals surface area contributed by atoms with Gasteiger partial charge in [0.1, 0.15) is 5.75 Å². The van der Waals surface area contributed by atoms with E-state index >= 15 is 0 Å². The standard InChI is InChI=1S/C20H21N3O3/c1-3-14-21-20(25)23-17-11-9-16(10-12-17)22-19(24)13-8-15-6-4-5-7-18(15)26-2/h3-13H,1,14H2,2H3,(H,22,24)(H2,21,23,25)/b13-8+. The van der Waals surface area contributed by atoms with Crippen LogP contribution in [0.3, 0.4) is 0 Å². The average molecular weight is 351 g/mol. The van der Waals surface area contributed by atoms with E-state index in [1.54, 1.807) is 43.5 Å². The van der Waals surface area contributed by atoms with Crippen molar-refractivity contribution in [3.05, 3.63) is 72.8 Å². The third-order valence-electron chi connectivity index (χ3n) is 3.37. The number of nitrogens with one attached hydrogen (secondary N) is 3. The van der Waals surface area contributed by atoms with Crippen molar-refractivity contribution in [3.63, 3.8) is 0 Å². The van der Waals surface area contributed by atoms with Crippen LogP contribution in [0.5, 0.6) is 5.75 Å². The van der Waals surface area contributed by atoms with E-state index in [9.17, 15) is 9.59 Å². The molecule has 0 atom stereocenters. The maximum absolute atomic E-state index is 12.0. The molecule has 0 bridgehead atoms. The lowest BCUT2D eigenvalue weighted by molar-refractivity contribution is -0.111. The molecule has 0 heterocycles. The van der Waals surface area contributed by atoms with Crippen LogP contribution in [0.15, 0.2) is 67.3 Å². The molecular weight excluding hydrogens is 330 g/mol. The molecule has 0 radical (unpaired) electrons. The number of hydrogen-bond donors (Lipinski definition) is 3. The van der Waals surface area contributed by atoms with E-state index in [0.29, 0.717) is 23.7 Å². The summed E-state index contributed by atoms with van der Waals surface area (Å²) in [6.45, 7) is 3.92. The summed E-state index contributed by atoms with van der Waals surface area (Å²) in [5.74, 6) is 0.432. The Morgan fingerprint density at radius 2 is 1.69 bits per heavy atom. The Kier molecular flexibility index (Phi) is 7.00. The molecule has 2 aromatic carbocycles. The summed E-state index contributed by atoms with van der Waals surface area (Å²) < 4.78 is 5.24. The van der Waals surface area contributed by atoms with Gasteiger partial charge in [-0.25, -0.2) is 4.79 Å². The predicted molar refractivity (Wildman–Crippen MR) is 104 cm³/mol. The molecule has 0 saturated heterocycles. The smallest absolute Gasteiger partial charge is 0.319 e. The van der Waals surface area contributed by atoms with Gasteiger partial charge in [-0.05, 0) is 36.4 Å². The first-order valence-electron chi connectivity index (χ1n) is 8.00. The normalized spacial score (nSPS) is 10.2. The maximum atomic E-state index is 12.0. The van der Waals surface area contributed by atoms with Gasteiger partial charge in [0, 0.05) is 29.6 Å². The van der Waals surface area contributed by atoms with Crippen molar-refractivity contribution >= 4 is 29.4 Å². The highest BCUT2D eigenvalue weighted by Crippen LogP contribution is 2.19. The molecule has 0 spiro atoms. The summed E-state index contributed by atoms with van der Waals surface area (Å²) in [6, 6.07) is 13.9. The molecule has 0 aliphatic rings. The molecule has 0 saturated carbocycles. The lowest BCUT2D eigenvalue weighted by atomic mass is 10.2. The van der Waals surface area contributed by atoms with E-state index in [-0.39, 0.29) is 11.9 Å². The fraction of sp³-hybridized carbons (Fsp3) is 0.100. The van der Waals surface area contributed by atoms with Crippen LogP contribution in [0.25, 0.3) is 6.08 Å². The summed E-state index contributed by atoms with van der Waals surface area (Å²) in [4.78, 5) is 23.6. The fourth-order valence-electron chi connectivity index (χ4n) is 2.13. The van der Waals surface area contributed by atoms with Gasteiger partial charge in [0.05, 0.1) is 7.11 Å². The highest BCUT2D eigenvalue weighted by Gasteiger charge is 2.02. The summed E-state index contributed by atoms with van der Waals surface area (Å²) >= 11 is 0. The number of carbonyl (C=O) groups is 2. The minimum Gasteiger partial charge on any atom is -0.496 e. The second-order valence-corrected chi connectivity index (χ2v) is 5.27. The lowest BCUT2D eigenvalue weighted by Crippen LogP contribution is -2.28. The van der Waals surface area contributed by atoms with Gasteiger partial charge in [-0.1, -0.05) is 24.3 Å². The number of ether oxygens (including phenoxy) is 1. The van der Waals surface area contributed by atoms with E-state index < -0.39 is 0 Å². The van der Waals surface area contributed by atoms with Crippen LogP contribution in [0.1, 0.15) is 5.56 Å². The average Bonchev–Trinajstić information content (AvgIpc) is 2.66. The number of rotatable bonds is 7. The van der Waals surface area contributed by atoms with Gasteiger partial charge in [0.15, 0.2) is 0 Å². The third kappa shape index (κ3) is 5.83. The Bertz CT molecular complexity index is 798. The number of benzene rings is 2. The van der Waals surface area contributed by atoms with Gasteiger partial charge in [-0.15, -0.1) is 6.58 Å². The number of amides is 3. The Morgan fingerprint density at radius 1 is 1.04 bits per heavy atom. The van der Waals surface area contributed by atoms with Crippen molar-refractivity contribution in [2.24, 2.45) is 0 Å². The molecule has 3 amide bonds. The zero-order valence-corrected chi connectivity index (χ0v) is 14.5. The van der Waals surface area contributed by atoms with Gasteiger partial charge in [0.2, 0.25) is 5.91 Å². The first-order valence-corrected chi connectivity index (χ1v) is 8.00. The third-order valence-corrected chi connectivity index (χ3v) is 3.37. The SMILES string of the molecule is C=CCNC(=O)Nc1ccc(NC(=O)/C=C/c2ccccc2OC)cc1. The van der Waals surface area contributed by atoms with Gasteiger partial charge in [0.25, 0.3) is 0 Å². The van der Waals surface area contributed by atoms with E-state index in [4.69, 9.17) is 4.74 Å². The molecule has 0 aliphatic carbocycles. The number of para-hydroxylation sites is 1. The molecule has 2 aromatic rings. The molecule has 6 nitrogen and oxygen atoms in total. The fourth-order valence-corrected chi connectivity index (χ4v) is 2.13. The Morgan fingerprint density at radius 3 is 2.35 bits per heavy atom. The largest absolute Gasteiger partial charge is 0.496 e. The molecular formula is C20H21N3O3. The number of urea groups is 1. The molecule has 2 rings (SSSR count). The minimum atomic E-state index is -0.318. The van der Waals surface area contributed by atoms with Crippen LogP contribution >= 0.6 is 0 Å². The molecule has 0 aliphatic heterocycles. The van der Waals surface area contributed by atoms with Gasteiger partial charge < -0.3 is 20.7 Å².